The fourth-order valence-electron chi connectivity index (χ4n) is 6.03. The molecule has 6 atom stereocenters. The van der Waals surface area contributed by atoms with Crippen molar-refractivity contribution >= 4 is 35.7 Å². The number of methoxy groups -OCH3 is 1. The Bertz CT molecular complexity index is 1490. The standard InChI is InChI=1S/C29H31NO11.ClH/c1-11-24(33)16(30-13(3)32)8-19(40-11)41-18-10-29(38,12(2)31)9-15-21(18)28(37)23-22(26(15)35)25(34)14-6-5-7-17(39-4)20(14)27(23)36;/h5-7,11,16,18-19,24,33,35,37-38H,8-10H2,1-4H3,(H,30,32);1H/t11?,16?,18-,19?,24?,29-;/m0./s1. The highest BCUT2D eigenvalue weighted by molar-refractivity contribution is 6.31. The van der Waals surface area contributed by atoms with Crippen molar-refractivity contribution in [2.45, 2.75) is 76.3 Å². The van der Waals surface area contributed by atoms with Crippen LogP contribution in [-0.4, -0.2) is 80.9 Å². The summed E-state index contributed by atoms with van der Waals surface area (Å²) in [6.45, 7) is 4.03. The molecule has 0 spiro atoms. The van der Waals surface area contributed by atoms with Crippen LogP contribution in [0.3, 0.4) is 0 Å². The molecule has 2 aliphatic carbocycles. The molecule has 5 rings (SSSR count). The fourth-order valence-corrected chi connectivity index (χ4v) is 6.03. The number of ether oxygens (including phenoxy) is 3. The van der Waals surface area contributed by atoms with Crippen molar-refractivity contribution in [3.63, 3.8) is 0 Å². The number of Topliss-reactive ketones (excluding diaryl/α,β-unsaturated/α-hetero) is 1. The summed E-state index contributed by atoms with van der Waals surface area (Å²) in [6, 6.07) is 3.66. The fraction of sp³-hybridized carbons (Fsp3) is 0.448. The van der Waals surface area contributed by atoms with Gasteiger partial charge in [0.15, 0.2) is 17.9 Å². The third-order valence-electron chi connectivity index (χ3n) is 8.14. The minimum Gasteiger partial charge on any atom is -0.507 e. The average Bonchev–Trinajstić information content (AvgIpc) is 2.91. The van der Waals surface area contributed by atoms with Crippen LogP contribution in [-0.2, 0) is 25.5 Å². The lowest BCUT2D eigenvalue weighted by Gasteiger charge is -2.42. The molecule has 1 amide bonds. The summed E-state index contributed by atoms with van der Waals surface area (Å²) >= 11 is 0. The lowest BCUT2D eigenvalue weighted by Crippen LogP contribution is -2.55. The van der Waals surface area contributed by atoms with E-state index in [9.17, 15) is 39.6 Å². The Labute approximate surface area is 247 Å². The van der Waals surface area contributed by atoms with Crippen LogP contribution in [0.5, 0.6) is 17.2 Å². The molecule has 1 aliphatic heterocycles. The number of aromatic hydroxyl groups is 2. The third-order valence-corrected chi connectivity index (χ3v) is 8.14. The number of nitrogens with one attached hydrogen (secondary N) is 1. The quantitative estimate of drug-likeness (QED) is 0.266. The van der Waals surface area contributed by atoms with Crippen molar-refractivity contribution < 1.29 is 53.8 Å². The van der Waals surface area contributed by atoms with E-state index >= 15 is 0 Å². The molecule has 2 aromatic rings. The number of ketones is 3. The van der Waals surface area contributed by atoms with Gasteiger partial charge in [-0.1, -0.05) is 12.1 Å². The number of hydrogen-bond acceptors (Lipinski definition) is 11. The molecule has 1 saturated heterocycles. The zero-order valence-corrected chi connectivity index (χ0v) is 24.1. The molecule has 1 heterocycles. The Balaban J connectivity index is 0.00000405. The van der Waals surface area contributed by atoms with Gasteiger partial charge in [-0.2, -0.15) is 0 Å². The first kappa shape index (κ1) is 31.4. The van der Waals surface area contributed by atoms with Crippen molar-refractivity contribution in [2.24, 2.45) is 0 Å². The number of carbonyl (C=O) groups excluding carboxylic acids is 4. The minimum absolute atomic E-state index is 0. The molecule has 0 aromatic heterocycles. The van der Waals surface area contributed by atoms with Gasteiger partial charge < -0.3 is 40.0 Å². The van der Waals surface area contributed by atoms with Crippen LogP contribution in [0.15, 0.2) is 18.2 Å². The number of phenolic OH excluding ortho intramolecular Hbond substituents is 2. The molecule has 2 aromatic carbocycles. The van der Waals surface area contributed by atoms with E-state index in [1.165, 1.54) is 32.2 Å². The maximum absolute atomic E-state index is 13.7. The molecule has 12 nitrogen and oxygen atoms in total. The Kier molecular flexibility index (Phi) is 8.42. The summed E-state index contributed by atoms with van der Waals surface area (Å²) in [7, 11) is 1.33. The molecule has 3 aliphatic rings. The second kappa shape index (κ2) is 11.3. The molecule has 13 heteroatoms. The van der Waals surface area contributed by atoms with E-state index in [2.05, 4.69) is 5.32 Å². The van der Waals surface area contributed by atoms with Gasteiger partial charge in [0.05, 0.1) is 42.0 Å². The predicted molar refractivity (Wildman–Crippen MR) is 147 cm³/mol. The third kappa shape index (κ3) is 4.92. The van der Waals surface area contributed by atoms with Gasteiger partial charge in [0.1, 0.15) is 29.0 Å². The number of benzene rings is 2. The molecular formula is C29H32ClNO11. The summed E-state index contributed by atoms with van der Waals surface area (Å²) < 4.78 is 17.2. The van der Waals surface area contributed by atoms with E-state index in [4.69, 9.17) is 14.2 Å². The highest BCUT2D eigenvalue weighted by Crippen LogP contribution is 2.52. The van der Waals surface area contributed by atoms with Crippen LogP contribution >= 0.6 is 12.4 Å². The lowest BCUT2D eigenvalue weighted by atomic mass is 9.72. The van der Waals surface area contributed by atoms with E-state index in [-0.39, 0.29) is 59.2 Å². The molecular weight excluding hydrogens is 574 g/mol. The molecule has 226 valence electrons. The van der Waals surface area contributed by atoms with Gasteiger partial charge in [0, 0.05) is 42.9 Å². The van der Waals surface area contributed by atoms with Crippen LogP contribution < -0.4 is 10.1 Å². The van der Waals surface area contributed by atoms with E-state index in [0.29, 0.717) is 0 Å². The zero-order chi connectivity index (χ0) is 30.0. The number of aliphatic hydroxyl groups is 2. The normalized spacial score (nSPS) is 28.1. The molecule has 4 unspecified atom stereocenters. The monoisotopic (exact) mass is 605 g/mol. The van der Waals surface area contributed by atoms with E-state index in [1.54, 1.807) is 6.92 Å². The van der Waals surface area contributed by atoms with Gasteiger partial charge in [-0.15, -0.1) is 12.4 Å². The van der Waals surface area contributed by atoms with Crippen molar-refractivity contribution in [3.8, 4) is 17.2 Å². The number of carbonyl (C=O) groups is 4. The van der Waals surface area contributed by atoms with Gasteiger partial charge in [-0.3, -0.25) is 19.2 Å². The summed E-state index contributed by atoms with van der Waals surface area (Å²) in [5, 5.41) is 47.4. The first-order chi connectivity index (χ1) is 19.3. The molecule has 42 heavy (non-hydrogen) atoms. The summed E-state index contributed by atoms with van der Waals surface area (Å²) in [4.78, 5) is 51.5. The average molecular weight is 606 g/mol. The van der Waals surface area contributed by atoms with E-state index in [1.807, 2.05) is 0 Å². The van der Waals surface area contributed by atoms with Gasteiger partial charge in [-0.05, 0) is 19.9 Å². The number of hydrogen-bond donors (Lipinski definition) is 5. The number of rotatable bonds is 5. The first-order valence-electron chi connectivity index (χ1n) is 13.2. The maximum atomic E-state index is 13.7. The second-order valence-electron chi connectivity index (χ2n) is 10.8. The smallest absolute Gasteiger partial charge is 0.217 e. The SMILES string of the molecule is COc1cccc2c1C(=O)c1c(O)c3c(c(O)c1C2=O)C[C@@](O)(C(C)=O)C[C@@H]3OC1CC(NC(C)=O)C(O)C(C)O1.Cl. The molecule has 0 bridgehead atoms. The zero-order valence-electron chi connectivity index (χ0n) is 23.3. The van der Waals surface area contributed by atoms with Crippen LogP contribution in [0.25, 0.3) is 0 Å². The number of amides is 1. The number of aliphatic hydroxyl groups excluding tert-OH is 1. The summed E-state index contributed by atoms with van der Waals surface area (Å²) in [6.07, 6.45) is -5.06. The Morgan fingerprint density at radius 2 is 1.74 bits per heavy atom. The second-order valence-corrected chi connectivity index (χ2v) is 10.8. The molecule has 5 N–H and O–H groups in total. The van der Waals surface area contributed by atoms with Crippen LogP contribution in [0.4, 0.5) is 0 Å². The lowest BCUT2D eigenvalue weighted by molar-refractivity contribution is -0.249. The largest absolute Gasteiger partial charge is 0.507 e. The minimum atomic E-state index is -2.05. The summed E-state index contributed by atoms with van der Waals surface area (Å²) in [5.74, 6) is -3.72. The highest BCUT2D eigenvalue weighted by atomic mass is 35.5. The summed E-state index contributed by atoms with van der Waals surface area (Å²) in [5.41, 5.74) is -3.25. The Hall–Kier alpha value is -3.55. The van der Waals surface area contributed by atoms with Crippen LogP contribution in [0.2, 0.25) is 0 Å². The van der Waals surface area contributed by atoms with E-state index < -0.39 is 82.6 Å². The van der Waals surface area contributed by atoms with Gasteiger partial charge in [0.25, 0.3) is 0 Å². The molecule has 1 fully saturated rings. The number of fused-ring (bicyclic) bond motifs is 3. The Morgan fingerprint density at radius 3 is 2.36 bits per heavy atom. The van der Waals surface area contributed by atoms with Gasteiger partial charge in [-0.25, -0.2) is 0 Å². The number of halogens is 1. The molecule has 0 saturated carbocycles. The van der Waals surface area contributed by atoms with Gasteiger partial charge in [0.2, 0.25) is 11.7 Å². The maximum Gasteiger partial charge on any atom is 0.217 e. The van der Waals surface area contributed by atoms with Crippen LogP contribution in [0.1, 0.15) is 82.7 Å². The first-order valence-corrected chi connectivity index (χ1v) is 13.2. The number of phenols is 2. The van der Waals surface area contributed by atoms with Crippen molar-refractivity contribution in [3.05, 3.63) is 51.6 Å². The van der Waals surface area contributed by atoms with E-state index in [0.717, 1.165) is 6.92 Å². The van der Waals surface area contributed by atoms with Crippen LogP contribution in [0, 0.1) is 0 Å². The highest BCUT2D eigenvalue weighted by Gasteiger charge is 2.49. The molecule has 0 radical (unpaired) electrons. The van der Waals surface area contributed by atoms with Crippen molar-refractivity contribution in [2.75, 3.05) is 7.11 Å². The predicted octanol–water partition coefficient (Wildman–Crippen LogP) is 1.63. The Morgan fingerprint density at radius 1 is 1.07 bits per heavy atom. The topological polar surface area (TPSA) is 189 Å². The van der Waals surface area contributed by atoms with Crippen molar-refractivity contribution in [1.29, 1.82) is 0 Å². The van der Waals surface area contributed by atoms with Gasteiger partial charge >= 0.3 is 0 Å². The van der Waals surface area contributed by atoms with Crippen molar-refractivity contribution in [1.82, 2.24) is 5.32 Å².